The molecule has 0 aromatic heterocycles. The lowest BCUT2D eigenvalue weighted by molar-refractivity contribution is -0.137. The van der Waals surface area contributed by atoms with Crippen molar-refractivity contribution >= 4 is 12.1 Å². The normalized spacial score (nSPS) is 14.8. The zero-order chi connectivity index (χ0) is 20.5. The maximum atomic E-state index is 12.1. The zero-order valence-corrected chi connectivity index (χ0v) is 17.0. The summed E-state index contributed by atoms with van der Waals surface area (Å²) in [5, 5.41) is 3.92. The molecule has 0 spiro atoms. The van der Waals surface area contributed by atoms with Crippen LogP contribution in [0, 0.1) is 5.92 Å². The summed E-state index contributed by atoms with van der Waals surface area (Å²) in [6, 6.07) is 15.5. The quantitative estimate of drug-likeness (QED) is 0.502. The topological polar surface area (TPSA) is 60.4 Å². The van der Waals surface area contributed by atoms with Crippen LogP contribution in [0.5, 0.6) is 11.5 Å². The van der Waals surface area contributed by atoms with Crippen molar-refractivity contribution in [1.82, 2.24) is 4.90 Å². The fourth-order valence-corrected chi connectivity index (χ4v) is 3.16. The second kappa shape index (κ2) is 10.5. The van der Waals surface area contributed by atoms with Gasteiger partial charge in [0.15, 0.2) is 18.1 Å². The predicted molar refractivity (Wildman–Crippen MR) is 112 cm³/mol. The molecule has 0 unspecified atom stereocenters. The van der Waals surface area contributed by atoms with E-state index in [1.807, 2.05) is 53.4 Å². The van der Waals surface area contributed by atoms with Gasteiger partial charge in [0.25, 0.3) is 5.91 Å². The van der Waals surface area contributed by atoms with E-state index in [2.05, 4.69) is 12.1 Å². The van der Waals surface area contributed by atoms with Crippen LogP contribution in [0.15, 0.2) is 53.7 Å². The fraction of sp³-hybridized carbons (Fsp3) is 0.391. The standard InChI is InChI=1S/C23H28N2O4/c1-18-10-12-25(13-11-18)23(26)17-29-24-15-20-8-9-21(22(14-20)27-2)28-16-19-6-4-3-5-7-19/h3-9,14-15,18H,10-13,16-17H2,1-2H3/b24-15-. The van der Waals surface area contributed by atoms with Crippen LogP contribution >= 0.6 is 0 Å². The van der Waals surface area contributed by atoms with Crippen molar-refractivity contribution in [3.05, 3.63) is 59.7 Å². The summed E-state index contributed by atoms with van der Waals surface area (Å²) in [4.78, 5) is 19.2. The Hall–Kier alpha value is -3.02. The number of likely N-dealkylation sites (tertiary alicyclic amines) is 1. The molecular formula is C23H28N2O4. The summed E-state index contributed by atoms with van der Waals surface area (Å²) < 4.78 is 11.3. The molecule has 2 aromatic rings. The van der Waals surface area contributed by atoms with E-state index in [4.69, 9.17) is 14.3 Å². The van der Waals surface area contributed by atoms with Crippen LogP contribution in [0.3, 0.4) is 0 Å². The molecule has 1 amide bonds. The number of hydrogen-bond acceptors (Lipinski definition) is 5. The molecule has 1 fully saturated rings. The predicted octanol–water partition coefficient (Wildman–Crippen LogP) is 3.88. The zero-order valence-electron chi connectivity index (χ0n) is 17.0. The Morgan fingerprint density at radius 1 is 1.14 bits per heavy atom. The smallest absolute Gasteiger partial charge is 0.263 e. The van der Waals surface area contributed by atoms with Gasteiger partial charge in [-0.3, -0.25) is 4.79 Å². The summed E-state index contributed by atoms with van der Waals surface area (Å²) in [6.45, 7) is 4.24. The average Bonchev–Trinajstić information content (AvgIpc) is 2.76. The second-order valence-corrected chi connectivity index (χ2v) is 7.26. The van der Waals surface area contributed by atoms with Crippen LogP contribution in [0.25, 0.3) is 0 Å². The molecule has 0 radical (unpaired) electrons. The third kappa shape index (κ3) is 6.24. The molecule has 0 bridgehead atoms. The van der Waals surface area contributed by atoms with Crippen molar-refractivity contribution in [3.63, 3.8) is 0 Å². The Balaban J connectivity index is 1.49. The molecule has 3 rings (SSSR count). The molecule has 2 aromatic carbocycles. The molecule has 6 heteroatoms. The molecular weight excluding hydrogens is 368 g/mol. The van der Waals surface area contributed by atoms with Gasteiger partial charge in [-0.1, -0.05) is 42.4 Å². The summed E-state index contributed by atoms with van der Waals surface area (Å²) in [5.41, 5.74) is 1.88. The van der Waals surface area contributed by atoms with Crippen LogP contribution < -0.4 is 9.47 Å². The number of carbonyl (C=O) groups excluding carboxylic acids is 1. The van der Waals surface area contributed by atoms with E-state index in [0.29, 0.717) is 24.0 Å². The van der Waals surface area contributed by atoms with Gasteiger partial charge in [0.1, 0.15) is 6.61 Å². The van der Waals surface area contributed by atoms with Crippen molar-refractivity contribution in [2.24, 2.45) is 11.1 Å². The van der Waals surface area contributed by atoms with Crippen molar-refractivity contribution in [2.75, 3.05) is 26.8 Å². The third-order valence-electron chi connectivity index (χ3n) is 5.03. The average molecular weight is 396 g/mol. The van der Waals surface area contributed by atoms with Crippen LogP contribution in [0.2, 0.25) is 0 Å². The molecule has 1 aliphatic heterocycles. The largest absolute Gasteiger partial charge is 0.493 e. The highest BCUT2D eigenvalue weighted by molar-refractivity contribution is 5.81. The Bertz CT molecular complexity index is 815. The Morgan fingerprint density at radius 2 is 1.90 bits per heavy atom. The highest BCUT2D eigenvalue weighted by atomic mass is 16.6. The maximum Gasteiger partial charge on any atom is 0.263 e. The number of hydrogen-bond donors (Lipinski definition) is 0. The Labute approximate surface area is 172 Å². The van der Waals surface area contributed by atoms with Crippen LogP contribution in [-0.2, 0) is 16.2 Å². The number of carbonyl (C=O) groups is 1. The number of methoxy groups -OCH3 is 1. The van der Waals surface area contributed by atoms with Gasteiger partial charge in [0, 0.05) is 18.7 Å². The highest BCUT2D eigenvalue weighted by Gasteiger charge is 2.20. The minimum absolute atomic E-state index is 0.0173. The summed E-state index contributed by atoms with van der Waals surface area (Å²) in [5.74, 6) is 1.94. The van der Waals surface area contributed by atoms with Gasteiger partial charge in [0.2, 0.25) is 0 Å². The lowest BCUT2D eigenvalue weighted by Gasteiger charge is -2.29. The van der Waals surface area contributed by atoms with Gasteiger partial charge in [-0.05, 0) is 42.5 Å². The number of piperidine rings is 1. The molecule has 1 saturated heterocycles. The van der Waals surface area contributed by atoms with Crippen molar-refractivity contribution < 1.29 is 19.1 Å². The van der Waals surface area contributed by atoms with Gasteiger partial charge < -0.3 is 19.2 Å². The molecule has 0 aliphatic carbocycles. The van der Waals surface area contributed by atoms with Gasteiger partial charge in [-0.15, -0.1) is 0 Å². The maximum absolute atomic E-state index is 12.1. The van der Waals surface area contributed by atoms with Crippen molar-refractivity contribution in [2.45, 2.75) is 26.4 Å². The molecule has 1 heterocycles. The van der Waals surface area contributed by atoms with Gasteiger partial charge in [0.05, 0.1) is 13.3 Å². The summed E-state index contributed by atoms with van der Waals surface area (Å²) in [7, 11) is 1.60. The van der Waals surface area contributed by atoms with Crippen molar-refractivity contribution in [1.29, 1.82) is 0 Å². The minimum Gasteiger partial charge on any atom is -0.493 e. The number of nitrogens with zero attached hydrogens (tertiary/aromatic N) is 2. The number of oxime groups is 1. The Morgan fingerprint density at radius 3 is 2.62 bits per heavy atom. The van der Waals surface area contributed by atoms with Gasteiger partial charge in [-0.25, -0.2) is 0 Å². The molecule has 154 valence electrons. The SMILES string of the molecule is COc1cc(/C=N\OCC(=O)N2CCC(C)CC2)ccc1OCc1ccccc1. The summed E-state index contributed by atoms with van der Waals surface area (Å²) >= 11 is 0. The van der Waals surface area contributed by atoms with Crippen LogP contribution in [0.4, 0.5) is 0 Å². The van der Waals surface area contributed by atoms with Crippen molar-refractivity contribution in [3.8, 4) is 11.5 Å². The van der Waals surface area contributed by atoms with E-state index in [-0.39, 0.29) is 12.5 Å². The van der Waals surface area contributed by atoms with E-state index in [1.165, 1.54) is 0 Å². The monoisotopic (exact) mass is 396 g/mol. The fourth-order valence-electron chi connectivity index (χ4n) is 3.16. The van der Waals surface area contributed by atoms with E-state index in [1.54, 1.807) is 13.3 Å². The molecule has 29 heavy (non-hydrogen) atoms. The van der Waals surface area contributed by atoms with Crippen LogP contribution in [0.1, 0.15) is 30.9 Å². The lowest BCUT2D eigenvalue weighted by atomic mass is 9.99. The van der Waals surface area contributed by atoms with Gasteiger partial charge >= 0.3 is 0 Å². The lowest BCUT2D eigenvalue weighted by Crippen LogP contribution is -2.39. The number of benzene rings is 2. The van der Waals surface area contributed by atoms with Crippen LogP contribution in [-0.4, -0.2) is 43.8 Å². The molecule has 0 atom stereocenters. The first kappa shape index (κ1) is 20.7. The number of ether oxygens (including phenoxy) is 2. The van der Waals surface area contributed by atoms with E-state index in [9.17, 15) is 4.79 Å². The number of rotatable bonds is 8. The third-order valence-corrected chi connectivity index (χ3v) is 5.03. The highest BCUT2D eigenvalue weighted by Crippen LogP contribution is 2.28. The first-order valence-corrected chi connectivity index (χ1v) is 9.93. The molecule has 0 N–H and O–H groups in total. The number of amides is 1. The minimum atomic E-state index is -0.0414. The Kier molecular flexibility index (Phi) is 7.50. The van der Waals surface area contributed by atoms with E-state index < -0.39 is 0 Å². The van der Waals surface area contributed by atoms with E-state index in [0.717, 1.165) is 37.1 Å². The van der Waals surface area contributed by atoms with E-state index >= 15 is 0 Å². The summed E-state index contributed by atoms with van der Waals surface area (Å²) in [6.07, 6.45) is 3.66. The first-order chi connectivity index (χ1) is 14.2. The molecule has 6 nitrogen and oxygen atoms in total. The van der Waals surface area contributed by atoms with Gasteiger partial charge in [-0.2, -0.15) is 0 Å². The first-order valence-electron chi connectivity index (χ1n) is 9.93. The second-order valence-electron chi connectivity index (χ2n) is 7.26. The molecule has 0 saturated carbocycles. The molecule has 1 aliphatic rings.